The quantitative estimate of drug-likeness (QED) is 0.512. The highest BCUT2D eigenvalue weighted by Crippen LogP contribution is 2.35. The van der Waals surface area contributed by atoms with Crippen LogP contribution in [0.25, 0.3) is 0 Å². The Labute approximate surface area is 177 Å². The van der Waals surface area contributed by atoms with Crippen LogP contribution in [0.4, 0.5) is 4.79 Å². The molecule has 170 valence electrons. The van der Waals surface area contributed by atoms with Crippen LogP contribution in [0.3, 0.4) is 0 Å². The lowest BCUT2D eigenvalue weighted by Gasteiger charge is -2.28. The molecule has 2 aliphatic rings. The molecule has 6 heteroatoms. The zero-order chi connectivity index (χ0) is 22.7. The van der Waals surface area contributed by atoms with E-state index in [1.807, 2.05) is 46.4 Å². The highest BCUT2D eigenvalue weighted by atomic mass is 16.6. The molecule has 0 radical (unpaired) electrons. The van der Waals surface area contributed by atoms with E-state index in [0.29, 0.717) is 0 Å². The topological polar surface area (TPSA) is 76.1 Å². The molecule has 2 rings (SSSR count). The zero-order valence-electron chi connectivity index (χ0n) is 19.6. The standard InChI is InChI=1S/C15H27NO2.C7H12O2.CH4O/c1-15(2,3)18-14(17)16-10-9-13(11-16)12-7-5-4-6-8-12;1-5-6(8)9-7(2,3)4;1-2/h12-13H,4-11H2,1-3H3;5H,1H2,2-4H3;2H,1H3. The van der Waals surface area contributed by atoms with Crippen molar-refractivity contribution in [2.45, 2.75) is 91.3 Å². The number of aliphatic hydroxyl groups is 1. The molecule has 1 aliphatic heterocycles. The molecule has 1 saturated heterocycles. The number of amides is 1. The van der Waals surface area contributed by atoms with Gasteiger partial charge >= 0.3 is 12.1 Å². The van der Waals surface area contributed by atoms with Crippen molar-refractivity contribution in [2.24, 2.45) is 11.8 Å². The molecule has 1 aliphatic carbocycles. The first-order chi connectivity index (χ1) is 13.4. The van der Waals surface area contributed by atoms with E-state index in [-0.39, 0.29) is 17.7 Å². The third kappa shape index (κ3) is 12.6. The lowest BCUT2D eigenvalue weighted by Crippen LogP contribution is -2.35. The lowest BCUT2D eigenvalue weighted by atomic mass is 9.80. The van der Waals surface area contributed by atoms with Gasteiger partial charge in [0.25, 0.3) is 0 Å². The molecule has 1 saturated carbocycles. The first kappa shape index (κ1) is 27.4. The fourth-order valence-electron chi connectivity index (χ4n) is 3.61. The average molecular weight is 414 g/mol. The molecule has 1 heterocycles. The molecule has 0 aromatic rings. The monoisotopic (exact) mass is 413 g/mol. The van der Waals surface area contributed by atoms with Crippen LogP contribution in [0, 0.1) is 11.8 Å². The lowest BCUT2D eigenvalue weighted by molar-refractivity contribution is -0.148. The Hall–Kier alpha value is -1.56. The maximum absolute atomic E-state index is 12.0. The summed E-state index contributed by atoms with van der Waals surface area (Å²) in [6.45, 7) is 16.3. The molecule has 0 bridgehead atoms. The number of carbonyl (C=O) groups is 2. The summed E-state index contributed by atoms with van der Waals surface area (Å²) in [7, 11) is 1.00. The maximum atomic E-state index is 12.0. The second-order valence-corrected chi connectivity index (χ2v) is 9.61. The van der Waals surface area contributed by atoms with Crippen LogP contribution in [-0.4, -0.2) is 53.5 Å². The van der Waals surface area contributed by atoms with E-state index in [9.17, 15) is 9.59 Å². The van der Waals surface area contributed by atoms with Crippen molar-refractivity contribution in [3.8, 4) is 0 Å². The maximum Gasteiger partial charge on any atom is 0.410 e. The Kier molecular flexibility index (Phi) is 12.2. The zero-order valence-corrected chi connectivity index (χ0v) is 19.6. The van der Waals surface area contributed by atoms with Crippen molar-refractivity contribution in [1.82, 2.24) is 4.90 Å². The van der Waals surface area contributed by atoms with Crippen LogP contribution < -0.4 is 0 Å². The van der Waals surface area contributed by atoms with E-state index in [4.69, 9.17) is 14.6 Å². The first-order valence-corrected chi connectivity index (χ1v) is 10.7. The number of hydrogen-bond acceptors (Lipinski definition) is 5. The third-order valence-corrected chi connectivity index (χ3v) is 4.77. The molecular weight excluding hydrogens is 370 g/mol. The van der Waals surface area contributed by atoms with Crippen molar-refractivity contribution < 1.29 is 24.2 Å². The Morgan fingerprint density at radius 2 is 1.41 bits per heavy atom. The van der Waals surface area contributed by atoms with Gasteiger partial charge in [-0.25, -0.2) is 9.59 Å². The molecule has 6 nitrogen and oxygen atoms in total. The van der Waals surface area contributed by atoms with E-state index in [2.05, 4.69) is 6.58 Å². The Morgan fingerprint density at radius 1 is 0.897 bits per heavy atom. The molecule has 0 aromatic carbocycles. The number of aliphatic hydroxyl groups excluding tert-OH is 1. The minimum Gasteiger partial charge on any atom is -0.457 e. The Bertz CT molecular complexity index is 498. The van der Waals surface area contributed by atoms with Gasteiger partial charge in [-0.2, -0.15) is 0 Å². The fourth-order valence-corrected chi connectivity index (χ4v) is 3.61. The molecule has 1 atom stereocenters. The fraction of sp³-hybridized carbons (Fsp3) is 0.826. The van der Waals surface area contributed by atoms with E-state index < -0.39 is 5.60 Å². The summed E-state index contributed by atoms with van der Waals surface area (Å²) in [5.74, 6) is 1.20. The minimum absolute atomic E-state index is 0.124. The summed E-state index contributed by atoms with van der Waals surface area (Å²) < 4.78 is 10.3. The predicted molar refractivity (Wildman–Crippen MR) is 117 cm³/mol. The van der Waals surface area contributed by atoms with Crippen LogP contribution in [0.1, 0.15) is 80.1 Å². The number of esters is 1. The van der Waals surface area contributed by atoms with Gasteiger partial charge < -0.3 is 19.5 Å². The van der Waals surface area contributed by atoms with E-state index in [1.54, 1.807) is 0 Å². The van der Waals surface area contributed by atoms with Crippen LogP contribution in [0.5, 0.6) is 0 Å². The van der Waals surface area contributed by atoms with Crippen molar-refractivity contribution in [3.63, 3.8) is 0 Å². The van der Waals surface area contributed by atoms with Gasteiger partial charge in [0.2, 0.25) is 0 Å². The number of ether oxygens (including phenoxy) is 2. The summed E-state index contributed by atoms with van der Waals surface area (Å²) in [6.07, 6.45) is 9.11. The molecule has 1 unspecified atom stereocenters. The molecular formula is C23H43NO5. The molecule has 1 amide bonds. The second-order valence-electron chi connectivity index (χ2n) is 9.61. The molecule has 2 fully saturated rings. The van der Waals surface area contributed by atoms with Crippen molar-refractivity contribution in [1.29, 1.82) is 0 Å². The van der Waals surface area contributed by atoms with Gasteiger partial charge in [0.15, 0.2) is 0 Å². The van der Waals surface area contributed by atoms with Gasteiger partial charge in [-0.15, -0.1) is 0 Å². The summed E-state index contributed by atoms with van der Waals surface area (Å²) in [4.78, 5) is 24.4. The number of nitrogens with zero attached hydrogens (tertiary/aromatic N) is 1. The van der Waals surface area contributed by atoms with E-state index in [1.165, 1.54) is 38.5 Å². The molecule has 0 spiro atoms. The smallest absolute Gasteiger partial charge is 0.410 e. The van der Waals surface area contributed by atoms with Crippen LogP contribution >= 0.6 is 0 Å². The SMILES string of the molecule is C=CC(=O)OC(C)(C)C.CC(C)(C)OC(=O)N1CCC(C2CCCCC2)C1.CO. The largest absolute Gasteiger partial charge is 0.457 e. The second kappa shape index (κ2) is 12.9. The van der Waals surface area contributed by atoms with Gasteiger partial charge in [-0.1, -0.05) is 38.7 Å². The van der Waals surface area contributed by atoms with E-state index in [0.717, 1.165) is 38.1 Å². The normalized spacial score (nSPS) is 19.9. The minimum atomic E-state index is -0.398. The average Bonchev–Trinajstić information content (AvgIpc) is 3.12. The van der Waals surface area contributed by atoms with Crippen molar-refractivity contribution in [2.75, 3.05) is 20.2 Å². The van der Waals surface area contributed by atoms with E-state index >= 15 is 0 Å². The summed E-state index contributed by atoms with van der Waals surface area (Å²) in [5.41, 5.74) is -0.773. The summed E-state index contributed by atoms with van der Waals surface area (Å²) >= 11 is 0. The van der Waals surface area contributed by atoms with Gasteiger partial charge in [0, 0.05) is 26.3 Å². The highest BCUT2D eigenvalue weighted by molar-refractivity contribution is 5.81. The van der Waals surface area contributed by atoms with Gasteiger partial charge in [-0.05, 0) is 59.8 Å². The van der Waals surface area contributed by atoms with Gasteiger partial charge in [0.1, 0.15) is 11.2 Å². The highest BCUT2D eigenvalue weighted by Gasteiger charge is 2.34. The number of hydrogen-bond donors (Lipinski definition) is 1. The van der Waals surface area contributed by atoms with Gasteiger partial charge in [-0.3, -0.25) is 0 Å². The van der Waals surface area contributed by atoms with Crippen molar-refractivity contribution in [3.05, 3.63) is 12.7 Å². The number of carbonyl (C=O) groups excluding carboxylic acids is 2. The van der Waals surface area contributed by atoms with Gasteiger partial charge in [0.05, 0.1) is 0 Å². The molecule has 0 aromatic heterocycles. The molecule has 29 heavy (non-hydrogen) atoms. The first-order valence-electron chi connectivity index (χ1n) is 10.7. The summed E-state index contributed by atoms with van der Waals surface area (Å²) in [5, 5.41) is 7.00. The van der Waals surface area contributed by atoms with Crippen LogP contribution in [0.2, 0.25) is 0 Å². The third-order valence-electron chi connectivity index (χ3n) is 4.77. The Morgan fingerprint density at radius 3 is 1.83 bits per heavy atom. The number of rotatable bonds is 2. The van der Waals surface area contributed by atoms with Crippen molar-refractivity contribution >= 4 is 12.1 Å². The van der Waals surface area contributed by atoms with Crippen LogP contribution in [0.15, 0.2) is 12.7 Å². The number of likely N-dealkylation sites (tertiary alicyclic amines) is 1. The Balaban J connectivity index is 0.000000606. The van der Waals surface area contributed by atoms with Crippen LogP contribution in [-0.2, 0) is 14.3 Å². The predicted octanol–water partition coefficient (Wildman–Crippen LogP) is 4.95. The summed E-state index contributed by atoms with van der Waals surface area (Å²) in [6, 6.07) is 0. The molecule has 1 N–H and O–H groups in total.